The Hall–Kier alpha value is -0.140. The molecule has 1 aliphatic heterocycles. The van der Waals surface area contributed by atoms with Gasteiger partial charge < -0.3 is 10.1 Å². The van der Waals surface area contributed by atoms with E-state index in [2.05, 4.69) is 21.2 Å². The Morgan fingerprint density at radius 1 is 1.33 bits per heavy atom. The molecule has 1 aliphatic rings. The predicted molar refractivity (Wildman–Crippen MR) is 73.7 cm³/mol. The van der Waals surface area contributed by atoms with Crippen molar-refractivity contribution in [1.29, 1.82) is 0 Å². The summed E-state index contributed by atoms with van der Waals surface area (Å²) in [5.41, 5.74) is 0. The van der Waals surface area contributed by atoms with E-state index in [0.717, 1.165) is 11.8 Å². The number of alkyl halides is 1. The molecule has 1 rings (SSSR count). The van der Waals surface area contributed by atoms with E-state index in [1.165, 1.54) is 0 Å². The van der Waals surface area contributed by atoms with E-state index in [9.17, 15) is 13.2 Å². The predicted octanol–water partition coefficient (Wildman–Crippen LogP) is 0.872. The SMILES string of the molecule is O=C(NCCCOCCBr)C1CCCCS1(=O)=O. The smallest absolute Gasteiger partial charge is 0.238 e. The lowest BCUT2D eigenvalue weighted by atomic mass is 10.2. The molecule has 0 bridgehead atoms. The molecule has 0 aromatic heterocycles. The van der Waals surface area contributed by atoms with E-state index in [1.807, 2.05) is 0 Å². The van der Waals surface area contributed by atoms with Crippen LogP contribution in [0.15, 0.2) is 0 Å². The largest absolute Gasteiger partial charge is 0.381 e. The molecule has 1 amide bonds. The maximum absolute atomic E-state index is 11.8. The number of carbonyl (C=O) groups is 1. The highest BCUT2D eigenvalue weighted by molar-refractivity contribution is 9.09. The molecule has 1 saturated heterocycles. The first-order valence-electron chi connectivity index (χ1n) is 6.21. The van der Waals surface area contributed by atoms with Crippen molar-refractivity contribution in [2.75, 3.05) is 30.8 Å². The Kier molecular flexibility index (Phi) is 7.18. The highest BCUT2D eigenvalue weighted by Crippen LogP contribution is 2.19. The lowest BCUT2D eigenvalue weighted by molar-refractivity contribution is -0.120. The first-order chi connectivity index (χ1) is 8.58. The number of rotatable bonds is 7. The van der Waals surface area contributed by atoms with Gasteiger partial charge in [-0.05, 0) is 19.3 Å². The van der Waals surface area contributed by atoms with Crippen LogP contribution in [0.25, 0.3) is 0 Å². The van der Waals surface area contributed by atoms with Gasteiger partial charge in [-0.25, -0.2) is 8.42 Å². The lowest BCUT2D eigenvalue weighted by Gasteiger charge is -2.21. The Bertz CT molecular complexity index is 358. The molecule has 1 heterocycles. The van der Waals surface area contributed by atoms with Gasteiger partial charge in [0, 0.05) is 18.5 Å². The van der Waals surface area contributed by atoms with Crippen LogP contribution >= 0.6 is 15.9 Å². The van der Waals surface area contributed by atoms with Gasteiger partial charge in [0.1, 0.15) is 5.25 Å². The summed E-state index contributed by atoms with van der Waals surface area (Å²) in [6.07, 6.45) is 2.64. The van der Waals surface area contributed by atoms with E-state index in [1.54, 1.807) is 0 Å². The Labute approximate surface area is 117 Å². The summed E-state index contributed by atoms with van der Waals surface area (Å²) >= 11 is 3.24. The average Bonchev–Trinajstić information content (AvgIpc) is 2.32. The Morgan fingerprint density at radius 2 is 2.11 bits per heavy atom. The van der Waals surface area contributed by atoms with E-state index >= 15 is 0 Å². The third kappa shape index (κ3) is 5.24. The number of carbonyl (C=O) groups excluding carboxylic acids is 1. The van der Waals surface area contributed by atoms with Crippen molar-refractivity contribution in [2.24, 2.45) is 0 Å². The topological polar surface area (TPSA) is 72.5 Å². The first kappa shape index (κ1) is 15.9. The minimum atomic E-state index is -3.22. The molecule has 0 radical (unpaired) electrons. The summed E-state index contributed by atoms with van der Waals surface area (Å²) < 4.78 is 28.6. The van der Waals surface area contributed by atoms with E-state index < -0.39 is 15.1 Å². The second kappa shape index (κ2) is 8.12. The molecule has 0 aromatic carbocycles. The molecule has 0 spiro atoms. The zero-order chi connectivity index (χ0) is 13.4. The van der Waals surface area contributed by atoms with Crippen LogP contribution in [0.3, 0.4) is 0 Å². The van der Waals surface area contributed by atoms with Crippen molar-refractivity contribution in [1.82, 2.24) is 5.32 Å². The molecule has 7 heteroatoms. The van der Waals surface area contributed by atoms with Crippen LogP contribution in [-0.2, 0) is 19.4 Å². The van der Waals surface area contributed by atoms with Crippen molar-refractivity contribution >= 4 is 31.7 Å². The van der Waals surface area contributed by atoms with Crippen LogP contribution in [0.2, 0.25) is 0 Å². The number of amides is 1. The number of sulfone groups is 1. The van der Waals surface area contributed by atoms with Crippen LogP contribution in [0.5, 0.6) is 0 Å². The maximum Gasteiger partial charge on any atom is 0.238 e. The Morgan fingerprint density at radius 3 is 2.78 bits per heavy atom. The van der Waals surface area contributed by atoms with E-state index in [4.69, 9.17) is 4.74 Å². The number of ether oxygens (including phenoxy) is 1. The second-order valence-corrected chi connectivity index (χ2v) is 7.39. The monoisotopic (exact) mass is 341 g/mol. The van der Waals surface area contributed by atoms with Gasteiger partial charge in [0.25, 0.3) is 0 Å². The maximum atomic E-state index is 11.8. The van der Waals surface area contributed by atoms with Gasteiger partial charge in [-0.15, -0.1) is 0 Å². The molecule has 1 N–H and O–H groups in total. The molecule has 0 aromatic rings. The summed E-state index contributed by atoms with van der Waals surface area (Å²) in [6.45, 7) is 1.68. The minimum Gasteiger partial charge on any atom is -0.381 e. The van der Waals surface area contributed by atoms with Crippen LogP contribution < -0.4 is 5.32 Å². The number of hydrogen-bond donors (Lipinski definition) is 1. The molecule has 5 nitrogen and oxygen atoms in total. The number of nitrogens with one attached hydrogen (secondary N) is 1. The second-order valence-electron chi connectivity index (χ2n) is 4.30. The van der Waals surface area contributed by atoms with Gasteiger partial charge in [-0.3, -0.25) is 4.79 Å². The molecule has 1 unspecified atom stereocenters. The molecule has 0 saturated carbocycles. The van der Waals surface area contributed by atoms with Gasteiger partial charge >= 0.3 is 0 Å². The van der Waals surface area contributed by atoms with Gasteiger partial charge in [-0.1, -0.05) is 22.4 Å². The van der Waals surface area contributed by atoms with Gasteiger partial charge in [-0.2, -0.15) is 0 Å². The van der Waals surface area contributed by atoms with Gasteiger partial charge in [0.15, 0.2) is 9.84 Å². The quantitative estimate of drug-likeness (QED) is 0.551. The third-order valence-corrected chi connectivity index (χ3v) is 5.36. The number of hydrogen-bond acceptors (Lipinski definition) is 4. The molecule has 0 aliphatic carbocycles. The van der Waals surface area contributed by atoms with Crippen molar-refractivity contribution in [3.05, 3.63) is 0 Å². The first-order valence-corrected chi connectivity index (χ1v) is 9.04. The Balaban J connectivity index is 2.24. The summed E-state index contributed by atoms with van der Waals surface area (Å²) in [5.74, 6) is -0.213. The summed E-state index contributed by atoms with van der Waals surface area (Å²) in [4.78, 5) is 11.8. The highest BCUT2D eigenvalue weighted by Gasteiger charge is 2.34. The molecule has 1 atom stereocenters. The van der Waals surface area contributed by atoms with Crippen LogP contribution in [0.4, 0.5) is 0 Å². The standard InChI is InChI=1S/C11H20BrNO4S/c12-5-8-17-7-3-6-13-11(14)10-4-1-2-9-18(10,15)16/h10H,1-9H2,(H,13,14). The average molecular weight is 342 g/mol. The summed E-state index contributed by atoms with van der Waals surface area (Å²) in [6, 6.07) is 0. The molecule has 106 valence electrons. The third-order valence-electron chi connectivity index (χ3n) is 2.86. The lowest BCUT2D eigenvalue weighted by Crippen LogP contribution is -2.43. The van der Waals surface area contributed by atoms with Gasteiger partial charge in [0.2, 0.25) is 5.91 Å². The molecular weight excluding hydrogens is 322 g/mol. The molecule has 18 heavy (non-hydrogen) atoms. The minimum absolute atomic E-state index is 0.138. The highest BCUT2D eigenvalue weighted by atomic mass is 79.9. The van der Waals surface area contributed by atoms with Crippen LogP contribution in [-0.4, -0.2) is 50.4 Å². The fourth-order valence-corrected chi connectivity index (χ4v) is 3.96. The van der Waals surface area contributed by atoms with Crippen molar-refractivity contribution in [3.63, 3.8) is 0 Å². The molecular formula is C11H20BrNO4S. The van der Waals surface area contributed by atoms with Crippen molar-refractivity contribution in [2.45, 2.75) is 30.9 Å². The fraction of sp³-hybridized carbons (Fsp3) is 0.909. The van der Waals surface area contributed by atoms with E-state index in [0.29, 0.717) is 39.0 Å². The molecule has 1 fully saturated rings. The van der Waals surface area contributed by atoms with Gasteiger partial charge in [0.05, 0.1) is 12.4 Å². The summed E-state index contributed by atoms with van der Waals surface area (Å²) in [5, 5.41) is 2.63. The fourth-order valence-electron chi connectivity index (χ4n) is 1.91. The summed E-state index contributed by atoms with van der Waals surface area (Å²) in [7, 11) is -3.22. The van der Waals surface area contributed by atoms with E-state index in [-0.39, 0.29) is 11.7 Å². The zero-order valence-electron chi connectivity index (χ0n) is 10.4. The normalized spacial score (nSPS) is 22.6. The van der Waals surface area contributed by atoms with Crippen molar-refractivity contribution in [3.8, 4) is 0 Å². The van der Waals surface area contributed by atoms with Crippen molar-refractivity contribution < 1.29 is 17.9 Å². The zero-order valence-corrected chi connectivity index (χ0v) is 12.8. The number of halogens is 1. The van der Waals surface area contributed by atoms with Crippen LogP contribution in [0.1, 0.15) is 25.7 Å². The van der Waals surface area contributed by atoms with Crippen LogP contribution in [0, 0.1) is 0 Å².